The summed E-state index contributed by atoms with van der Waals surface area (Å²) < 4.78 is 11.2. The first kappa shape index (κ1) is 22.8. The Morgan fingerprint density at radius 1 is 1.25 bits per heavy atom. The maximum absolute atomic E-state index is 12.3. The molecule has 0 aromatic carbocycles. The van der Waals surface area contributed by atoms with Crippen molar-refractivity contribution in [2.75, 3.05) is 52.4 Å². The number of amides is 1. The number of carbonyl (C=O) groups is 1. The van der Waals surface area contributed by atoms with Crippen LogP contribution in [0, 0.1) is 0 Å². The number of β-amino-alcohol motifs (C(OH)–C–C–N with tert-alkyl or cyclic N) is 1. The summed E-state index contributed by atoms with van der Waals surface area (Å²) in [6, 6.07) is 0. The van der Waals surface area contributed by atoms with E-state index in [2.05, 4.69) is 14.8 Å². The van der Waals surface area contributed by atoms with E-state index in [1.165, 1.54) is 6.26 Å². The second-order valence-corrected chi connectivity index (χ2v) is 8.26. The van der Waals surface area contributed by atoms with Gasteiger partial charge in [0.25, 0.3) is 5.91 Å². The fourth-order valence-electron chi connectivity index (χ4n) is 3.17. The largest absolute Gasteiger partial charge is 0.447 e. The number of hydrogen-bond acceptors (Lipinski definition) is 7. The van der Waals surface area contributed by atoms with Crippen molar-refractivity contribution in [2.45, 2.75) is 52.9 Å². The Labute approximate surface area is 168 Å². The van der Waals surface area contributed by atoms with E-state index in [-0.39, 0.29) is 11.5 Å². The fraction of sp³-hybridized carbons (Fsp3) is 0.800. The van der Waals surface area contributed by atoms with E-state index in [1.807, 2.05) is 34.6 Å². The van der Waals surface area contributed by atoms with Gasteiger partial charge in [0, 0.05) is 45.8 Å². The van der Waals surface area contributed by atoms with E-state index < -0.39 is 6.10 Å². The standard InChI is InChI=1S/C20H36N4O4/c1-6-24(7-2)19(26)17-15-27-18(21-17)13-23-10-8-22(9-11-23)12-16(25)14-28-20(3,4)5/h15-16,25H,6-14H2,1-5H3. The number of oxazole rings is 1. The van der Waals surface area contributed by atoms with Crippen molar-refractivity contribution in [3.8, 4) is 0 Å². The second-order valence-electron chi connectivity index (χ2n) is 8.26. The van der Waals surface area contributed by atoms with Gasteiger partial charge in [0.05, 0.1) is 24.9 Å². The van der Waals surface area contributed by atoms with Gasteiger partial charge in [0.1, 0.15) is 6.26 Å². The van der Waals surface area contributed by atoms with E-state index in [0.717, 1.165) is 26.2 Å². The van der Waals surface area contributed by atoms with Crippen molar-refractivity contribution in [1.82, 2.24) is 19.7 Å². The van der Waals surface area contributed by atoms with Crippen molar-refractivity contribution in [2.24, 2.45) is 0 Å². The molecule has 1 aromatic rings. The molecule has 160 valence electrons. The number of hydrogen-bond donors (Lipinski definition) is 1. The minimum atomic E-state index is -0.480. The zero-order chi connectivity index (χ0) is 20.7. The van der Waals surface area contributed by atoms with Crippen molar-refractivity contribution in [1.29, 1.82) is 0 Å². The Bertz CT molecular complexity index is 602. The first-order valence-electron chi connectivity index (χ1n) is 10.2. The molecule has 0 spiro atoms. The number of aliphatic hydroxyl groups is 1. The maximum Gasteiger partial charge on any atom is 0.275 e. The van der Waals surface area contributed by atoms with Gasteiger partial charge in [0.2, 0.25) is 5.89 Å². The third-order valence-corrected chi connectivity index (χ3v) is 4.82. The highest BCUT2D eigenvalue weighted by atomic mass is 16.5. The molecule has 0 aliphatic carbocycles. The lowest BCUT2D eigenvalue weighted by molar-refractivity contribution is -0.0588. The highest BCUT2D eigenvalue weighted by Crippen LogP contribution is 2.12. The van der Waals surface area contributed by atoms with Crippen molar-refractivity contribution in [3.05, 3.63) is 17.8 Å². The molecule has 0 radical (unpaired) electrons. The molecule has 28 heavy (non-hydrogen) atoms. The van der Waals surface area contributed by atoms with Crippen LogP contribution < -0.4 is 0 Å². The van der Waals surface area contributed by atoms with Crippen LogP contribution >= 0.6 is 0 Å². The molecule has 1 amide bonds. The Balaban J connectivity index is 1.75. The van der Waals surface area contributed by atoms with E-state index in [1.54, 1.807) is 4.90 Å². The van der Waals surface area contributed by atoms with Crippen LogP contribution in [-0.2, 0) is 11.3 Å². The van der Waals surface area contributed by atoms with Crippen LogP contribution in [0.3, 0.4) is 0 Å². The third-order valence-electron chi connectivity index (χ3n) is 4.82. The molecule has 1 unspecified atom stereocenters. The molecule has 1 aliphatic rings. The summed E-state index contributed by atoms with van der Waals surface area (Å²) in [4.78, 5) is 22.9. The van der Waals surface area contributed by atoms with Gasteiger partial charge in [-0.3, -0.25) is 14.6 Å². The zero-order valence-electron chi connectivity index (χ0n) is 18.0. The topological polar surface area (TPSA) is 82.3 Å². The minimum Gasteiger partial charge on any atom is -0.447 e. The molecule has 1 fully saturated rings. The summed E-state index contributed by atoms with van der Waals surface area (Å²) in [5.41, 5.74) is 0.139. The fourth-order valence-corrected chi connectivity index (χ4v) is 3.17. The van der Waals surface area contributed by atoms with Gasteiger partial charge in [0.15, 0.2) is 5.69 Å². The van der Waals surface area contributed by atoms with Gasteiger partial charge >= 0.3 is 0 Å². The van der Waals surface area contributed by atoms with Crippen molar-refractivity contribution < 1.29 is 19.1 Å². The van der Waals surface area contributed by atoms with Gasteiger partial charge in [-0.1, -0.05) is 0 Å². The molecule has 1 aliphatic heterocycles. The maximum atomic E-state index is 12.3. The van der Waals surface area contributed by atoms with Crippen molar-refractivity contribution in [3.63, 3.8) is 0 Å². The molecule has 1 N–H and O–H groups in total. The highest BCUT2D eigenvalue weighted by molar-refractivity contribution is 5.91. The molecular formula is C20H36N4O4. The second kappa shape index (κ2) is 10.3. The number of piperazine rings is 1. The predicted octanol–water partition coefficient (Wildman–Crippen LogP) is 1.45. The lowest BCUT2D eigenvalue weighted by Crippen LogP contribution is -2.49. The molecule has 2 heterocycles. The predicted molar refractivity (Wildman–Crippen MR) is 107 cm³/mol. The molecule has 8 nitrogen and oxygen atoms in total. The van der Waals surface area contributed by atoms with Gasteiger partial charge in [-0.2, -0.15) is 0 Å². The zero-order valence-corrected chi connectivity index (χ0v) is 18.0. The van der Waals surface area contributed by atoms with E-state index in [0.29, 0.717) is 44.4 Å². The molecule has 1 saturated heterocycles. The Hall–Kier alpha value is -1.48. The van der Waals surface area contributed by atoms with Gasteiger partial charge in [-0.05, 0) is 34.6 Å². The van der Waals surface area contributed by atoms with Crippen LogP contribution in [0.2, 0.25) is 0 Å². The summed E-state index contributed by atoms with van der Waals surface area (Å²) in [6.45, 7) is 16.2. The van der Waals surface area contributed by atoms with Crippen LogP contribution in [0.4, 0.5) is 0 Å². The molecule has 1 atom stereocenters. The highest BCUT2D eigenvalue weighted by Gasteiger charge is 2.23. The number of rotatable bonds is 9. The summed E-state index contributed by atoms with van der Waals surface area (Å²) >= 11 is 0. The molecule has 8 heteroatoms. The van der Waals surface area contributed by atoms with E-state index in [4.69, 9.17) is 9.15 Å². The molecule has 0 bridgehead atoms. The van der Waals surface area contributed by atoms with Crippen LogP contribution in [0.15, 0.2) is 10.7 Å². The van der Waals surface area contributed by atoms with Gasteiger partial charge in [-0.25, -0.2) is 4.98 Å². The van der Waals surface area contributed by atoms with Crippen LogP contribution in [-0.4, -0.2) is 94.8 Å². The summed E-state index contributed by atoms with van der Waals surface area (Å²) in [5.74, 6) is 0.485. The lowest BCUT2D eigenvalue weighted by atomic mass is 10.2. The smallest absolute Gasteiger partial charge is 0.275 e. The Kier molecular flexibility index (Phi) is 8.42. The number of aromatic nitrogens is 1. The first-order chi connectivity index (χ1) is 13.2. The van der Waals surface area contributed by atoms with Crippen LogP contribution in [0.5, 0.6) is 0 Å². The molecule has 1 aromatic heterocycles. The first-order valence-corrected chi connectivity index (χ1v) is 10.2. The van der Waals surface area contributed by atoms with E-state index >= 15 is 0 Å². The normalized spacial score (nSPS) is 17.6. The molecular weight excluding hydrogens is 360 g/mol. The van der Waals surface area contributed by atoms with Gasteiger partial charge in [-0.15, -0.1) is 0 Å². The SMILES string of the molecule is CCN(CC)C(=O)c1coc(CN2CCN(CC(O)COC(C)(C)C)CC2)n1. The average molecular weight is 397 g/mol. The summed E-state index contributed by atoms with van der Waals surface area (Å²) in [7, 11) is 0. The summed E-state index contributed by atoms with van der Waals surface area (Å²) in [6.07, 6.45) is 0.976. The van der Waals surface area contributed by atoms with E-state index in [9.17, 15) is 9.90 Å². The third kappa shape index (κ3) is 7.16. The lowest BCUT2D eigenvalue weighted by Gasteiger charge is -2.35. The Morgan fingerprint density at radius 2 is 1.86 bits per heavy atom. The molecule has 2 rings (SSSR count). The average Bonchev–Trinajstić information content (AvgIpc) is 3.10. The monoisotopic (exact) mass is 396 g/mol. The number of nitrogens with zero attached hydrogens (tertiary/aromatic N) is 4. The summed E-state index contributed by atoms with van der Waals surface area (Å²) in [5, 5.41) is 10.2. The quantitative estimate of drug-likeness (QED) is 0.676. The van der Waals surface area contributed by atoms with Crippen molar-refractivity contribution >= 4 is 5.91 Å². The number of ether oxygens (including phenoxy) is 1. The number of aliphatic hydroxyl groups excluding tert-OH is 1. The number of carbonyl (C=O) groups excluding carboxylic acids is 1. The molecule has 0 saturated carbocycles. The van der Waals surface area contributed by atoms with Crippen LogP contribution in [0.25, 0.3) is 0 Å². The van der Waals surface area contributed by atoms with Crippen LogP contribution in [0.1, 0.15) is 51.0 Å². The minimum absolute atomic E-state index is 0.0868. The Morgan fingerprint density at radius 3 is 2.43 bits per heavy atom. The van der Waals surface area contributed by atoms with Gasteiger partial charge < -0.3 is 19.2 Å².